The molecule has 3 heteroatoms. The molecule has 0 radical (unpaired) electrons. The first-order valence-electron chi connectivity index (χ1n) is 7.40. The summed E-state index contributed by atoms with van der Waals surface area (Å²) in [5.41, 5.74) is 3.37. The Kier molecular flexibility index (Phi) is 4.23. The quantitative estimate of drug-likeness (QED) is 0.940. The van der Waals surface area contributed by atoms with Gasteiger partial charge >= 0.3 is 0 Å². The highest BCUT2D eigenvalue weighted by Gasteiger charge is 2.18. The van der Waals surface area contributed by atoms with Gasteiger partial charge in [-0.1, -0.05) is 48.0 Å². The van der Waals surface area contributed by atoms with Crippen LogP contribution in [0.25, 0.3) is 0 Å². The van der Waals surface area contributed by atoms with Crippen LogP contribution in [0.4, 0.5) is 0 Å². The van der Waals surface area contributed by atoms with Crippen molar-refractivity contribution in [3.8, 4) is 5.75 Å². The van der Waals surface area contributed by atoms with Gasteiger partial charge in [-0.05, 0) is 18.6 Å². The van der Waals surface area contributed by atoms with Crippen LogP contribution in [0.15, 0.2) is 48.5 Å². The molecule has 0 bridgehead atoms. The normalized spacial score (nSPS) is 16.7. The maximum absolute atomic E-state index is 10.4. The van der Waals surface area contributed by atoms with Crippen LogP contribution in [0.2, 0.25) is 0 Å². The molecule has 110 valence electrons. The SMILES string of the molecule is Cc1ccc(C(O)CN2CCOc3ccccc3C2)cc1. The van der Waals surface area contributed by atoms with Crippen molar-refractivity contribution in [2.24, 2.45) is 0 Å². The second-order valence-electron chi connectivity index (χ2n) is 5.62. The molecule has 3 rings (SSSR count). The van der Waals surface area contributed by atoms with Gasteiger partial charge in [0.2, 0.25) is 0 Å². The van der Waals surface area contributed by atoms with Crippen molar-refractivity contribution < 1.29 is 9.84 Å². The largest absolute Gasteiger partial charge is 0.492 e. The number of aliphatic hydroxyl groups is 1. The zero-order chi connectivity index (χ0) is 14.7. The molecule has 1 aliphatic heterocycles. The molecule has 1 atom stereocenters. The third kappa shape index (κ3) is 3.43. The van der Waals surface area contributed by atoms with Gasteiger partial charge < -0.3 is 9.84 Å². The molecule has 0 aromatic heterocycles. The summed E-state index contributed by atoms with van der Waals surface area (Å²) in [6.45, 7) is 4.99. The van der Waals surface area contributed by atoms with E-state index in [0.29, 0.717) is 13.2 Å². The van der Waals surface area contributed by atoms with Crippen LogP contribution in [0.3, 0.4) is 0 Å². The number of hydrogen-bond acceptors (Lipinski definition) is 3. The molecule has 0 aliphatic carbocycles. The Hall–Kier alpha value is -1.84. The maximum atomic E-state index is 10.4. The van der Waals surface area contributed by atoms with Gasteiger partial charge in [0.1, 0.15) is 12.4 Å². The molecule has 1 unspecified atom stereocenters. The summed E-state index contributed by atoms with van der Waals surface area (Å²) in [5.74, 6) is 0.963. The van der Waals surface area contributed by atoms with Crippen molar-refractivity contribution >= 4 is 0 Å². The average molecular weight is 283 g/mol. The highest BCUT2D eigenvalue weighted by Crippen LogP contribution is 2.24. The van der Waals surface area contributed by atoms with E-state index in [9.17, 15) is 5.11 Å². The fraction of sp³-hybridized carbons (Fsp3) is 0.333. The zero-order valence-corrected chi connectivity index (χ0v) is 12.3. The Morgan fingerprint density at radius 3 is 2.71 bits per heavy atom. The number of fused-ring (bicyclic) bond motifs is 1. The predicted octanol–water partition coefficient (Wildman–Crippen LogP) is 2.92. The molecule has 2 aromatic carbocycles. The number of para-hydroxylation sites is 1. The van der Waals surface area contributed by atoms with Gasteiger partial charge in [0.15, 0.2) is 0 Å². The summed E-state index contributed by atoms with van der Waals surface area (Å²) >= 11 is 0. The highest BCUT2D eigenvalue weighted by atomic mass is 16.5. The molecule has 0 fully saturated rings. The molecule has 0 amide bonds. The summed E-state index contributed by atoms with van der Waals surface area (Å²) in [7, 11) is 0. The lowest BCUT2D eigenvalue weighted by Crippen LogP contribution is -2.30. The van der Waals surface area contributed by atoms with E-state index in [2.05, 4.69) is 17.9 Å². The molecule has 0 saturated carbocycles. The van der Waals surface area contributed by atoms with Crippen molar-refractivity contribution in [2.45, 2.75) is 19.6 Å². The lowest BCUT2D eigenvalue weighted by molar-refractivity contribution is 0.105. The maximum Gasteiger partial charge on any atom is 0.123 e. The van der Waals surface area contributed by atoms with Gasteiger partial charge in [0, 0.05) is 25.2 Å². The Balaban J connectivity index is 1.69. The topological polar surface area (TPSA) is 32.7 Å². The number of hydrogen-bond donors (Lipinski definition) is 1. The Morgan fingerprint density at radius 1 is 1.14 bits per heavy atom. The lowest BCUT2D eigenvalue weighted by atomic mass is 10.1. The van der Waals surface area contributed by atoms with Gasteiger partial charge in [-0.25, -0.2) is 0 Å². The molecule has 1 N–H and O–H groups in total. The first-order chi connectivity index (χ1) is 10.2. The smallest absolute Gasteiger partial charge is 0.123 e. The summed E-state index contributed by atoms with van der Waals surface area (Å²) in [4.78, 5) is 2.25. The molecular weight excluding hydrogens is 262 g/mol. The van der Waals surface area contributed by atoms with E-state index in [1.54, 1.807) is 0 Å². The average Bonchev–Trinajstić information content (AvgIpc) is 2.69. The molecule has 0 saturated heterocycles. The van der Waals surface area contributed by atoms with E-state index in [1.165, 1.54) is 11.1 Å². The monoisotopic (exact) mass is 283 g/mol. The van der Waals surface area contributed by atoms with Gasteiger partial charge in [-0.2, -0.15) is 0 Å². The fourth-order valence-electron chi connectivity index (χ4n) is 2.67. The Labute approximate surface area is 125 Å². The highest BCUT2D eigenvalue weighted by molar-refractivity contribution is 5.33. The van der Waals surface area contributed by atoms with Crippen LogP contribution in [-0.2, 0) is 6.54 Å². The van der Waals surface area contributed by atoms with Crippen molar-refractivity contribution in [3.63, 3.8) is 0 Å². The fourth-order valence-corrected chi connectivity index (χ4v) is 2.67. The minimum Gasteiger partial charge on any atom is -0.492 e. The molecule has 3 nitrogen and oxygen atoms in total. The number of aryl methyl sites for hydroxylation is 1. The summed E-state index contributed by atoms with van der Waals surface area (Å²) in [6.07, 6.45) is -0.462. The van der Waals surface area contributed by atoms with E-state index in [-0.39, 0.29) is 0 Å². The predicted molar refractivity (Wildman–Crippen MR) is 83.4 cm³/mol. The molecule has 1 aliphatic rings. The van der Waals surface area contributed by atoms with E-state index >= 15 is 0 Å². The van der Waals surface area contributed by atoms with E-state index in [4.69, 9.17) is 4.74 Å². The first-order valence-corrected chi connectivity index (χ1v) is 7.40. The zero-order valence-electron chi connectivity index (χ0n) is 12.3. The number of aliphatic hydroxyl groups excluding tert-OH is 1. The molecular formula is C18H21NO2. The van der Waals surface area contributed by atoms with Crippen LogP contribution in [0.1, 0.15) is 22.8 Å². The number of nitrogens with zero attached hydrogens (tertiary/aromatic N) is 1. The number of rotatable bonds is 3. The van der Waals surface area contributed by atoms with Gasteiger partial charge in [0.05, 0.1) is 6.10 Å². The molecule has 1 heterocycles. The number of ether oxygens (including phenoxy) is 1. The van der Waals surface area contributed by atoms with Crippen molar-refractivity contribution in [3.05, 3.63) is 65.2 Å². The second kappa shape index (κ2) is 6.29. The van der Waals surface area contributed by atoms with E-state index < -0.39 is 6.10 Å². The van der Waals surface area contributed by atoms with Crippen molar-refractivity contribution in [1.29, 1.82) is 0 Å². The lowest BCUT2D eigenvalue weighted by Gasteiger charge is -2.23. The second-order valence-corrected chi connectivity index (χ2v) is 5.62. The van der Waals surface area contributed by atoms with Gasteiger partial charge in [-0.15, -0.1) is 0 Å². The Morgan fingerprint density at radius 2 is 1.90 bits per heavy atom. The summed E-state index contributed by atoms with van der Waals surface area (Å²) in [5, 5.41) is 10.4. The van der Waals surface area contributed by atoms with Gasteiger partial charge in [-0.3, -0.25) is 4.90 Å². The van der Waals surface area contributed by atoms with Crippen LogP contribution in [0, 0.1) is 6.92 Å². The van der Waals surface area contributed by atoms with Gasteiger partial charge in [0.25, 0.3) is 0 Å². The Bertz CT molecular complexity index is 594. The standard InChI is InChI=1S/C18H21NO2/c1-14-6-8-15(9-7-14)17(20)13-19-10-11-21-18-5-3-2-4-16(18)12-19/h2-9,17,20H,10-13H2,1H3. The minimum absolute atomic E-state index is 0.462. The molecule has 0 spiro atoms. The minimum atomic E-state index is -0.462. The number of benzene rings is 2. The van der Waals surface area contributed by atoms with Crippen LogP contribution >= 0.6 is 0 Å². The summed E-state index contributed by atoms with van der Waals surface area (Å²) < 4.78 is 5.76. The van der Waals surface area contributed by atoms with Crippen LogP contribution in [0.5, 0.6) is 5.75 Å². The van der Waals surface area contributed by atoms with Crippen molar-refractivity contribution in [2.75, 3.05) is 19.7 Å². The van der Waals surface area contributed by atoms with E-state index in [0.717, 1.165) is 24.4 Å². The van der Waals surface area contributed by atoms with Crippen molar-refractivity contribution in [1.82, 2.24) is 4.90 Å². The first kappa shape index (κ1) is 14.1. The van der Waals surface area contributed by atoms with E-state index in [1.807, 2.05) is 42.5 Å². The van der Waals surface area contributed by atoms with Crippen LogP contribution < -0.4 is 4.74 Å². The molecule has 2 aromatic rings. The third-order valence-corrected chi connectivity index (χ3v) is 3.92. The number of β-amino-alcohol motifs (C(OH)–C–C–N with tert-alkyl or cyclic N) is 1. The van der Waals surface area contributed by atoms with Crippen LogP contribution in [-0.4, -0.2) is 29.7 Å². The molecule has 21 heavy (non-hydrogen) atoms. The summed E-state index contributed by atoms with van der Waals surface area (Å²) in [6, 6.07) is 16.2. The third-order valence-electron chi connectivity index (χ3n) is 3.92.